The van der Waals surface area contributed by atoms with Crippen LogP contribution in [0.1, 0.15) is 33.1 Å². The van der Waals surface area contributed by atoms with E-state index < -0.39 is 21.6 Å². The molecule has 0 bridgehead atoms. The first-order valence-electron chi connectivity index (χ1n) is 6.74. The summed E-state index contributed by atoms with van der Waals surface area (Å²) < 4.78 is 27.8. The average molecular weight is 290 g/mol. The fourth-order valence-corrected chi connectivity index (χ4v) is 4.44. The predicted molar refractivity (Wildman–Crippen MR) is 70.8 cm³/mol. The van der Waals surface area contributed by atoms with Crippen molar-refractivity contribution in [3.8, 4) is 0 Å². The first kappa shape index (κ1) is 14.7. The number of carbonyl (C=O) groups is 1. The first-order chi connectivity index (χ1) is 8.75. The van der Waals surface area contributed by atoms with Crippen molar-refractivity contribution < 1.29 is 18.3 Å². The molecule has 0 aromatic heterocycles. The summed E-state index contributed by atoms with van der Waals surface area (Å²) >= 11 is 0. The highest BCUT2D eigenvalue weighted by Crippen LogP contribution is 2.33. The predicted octanol–water partition coefficient (Wildman–Crippen LogP) is 0.760. The molecule has 0 aromatic rings. The summed E-state index contributed by atoms with van der Waals surface area (Å²) in [7, 11) is -3.49. The standard InChI is InChI=1S/C12H22N2O4S/c1-10-3-6-13(7-4-10)19(17,18)14-8-5-12(2,9-14)11(15)16/h10H,3-9H2,1-2H3,(H,15,16). The quantitative estimate of drug-likeness (QED) is 0.832. The van der Waals surface area contributed by atoms with Crippen molar-refractivity contribution in [1.29, 1.82) is 0 Å². The van der Waals surface area contributed by atoms with E-state index in [4.69, 9.17) is 5.11 Å². The highest BCUT2D eigenvalue weighted by Gasteiger charge is 2.46. The Morgan fingerprint density at radius 1 is 1.21 bits per heavy atom. The van der Waals surface area contributed by atoms with Gasteiger partial charge in [-0.2, -0.15) is 17.0 Å². The van der Waals surface area contributed by atoms with Crippen LogP contribution >= 0.6 is 0 Å². The van der Waals surface area contributed by atoms with Crippen LogP contribution in [-0.2, 0) is 15.0 Å². The summed E-state index contributed by atoms with van der Waals surface area (Å²) in [6.07, 6.45) is 2.14. The van der Waals surface area contributed by atoms with Crippen LogP contribution in [-0.4, -0.2) is 54.3 Å². The summed E-state index contributed by atoms with van der Waals surface area (Å²) in [6, 6.07) is 0. The zero-order chi connectivity index (χ0) is 14.3. The normalized spacial score (nSPS) is 31.7. The van der Waals surface area contributed by atoms with Gasteiger partial charge in [0.25, 0.3) is 10.2 Å². The zero-order valence-corrected chi connectivity index (χ0v) is 12.3. The van der Waals surface area contributed by atoms with Crippen LogP contribution in [0.25, 0.3) is 0 Å². The molecule has 2 aliphatic rings. The van der Waals surface area contributed by atoms with Gasteiger partial charge >= 0.3 is 5.97 Å². The van der Waals surface area contributed by atoms with Gasteiger partial charge < -0.3 is 5.11 Å². The average Bonchev–Trinajstić information content (AvgIpc) is 2.75. The Bertz CT molecular complexity index is 456. The molecule has 2 heterocycles. The van der Waals surface area contributed by atoms with Gasteiger partial charge in [0.05, 0.1) is 5.41 Å². The highest BCUT2D eigenvalue weighted by molar-refractivity contribution is 7.86. The molecular weight excluding hydrogens is 268 g/mol. The van der Waals surface area contributed by atoms with E-state index in [2.05, 4.69) is 6.92 Å². The number of piperidine rings is 1. The Morgan fingerprint density at radius 3 is 2.26 bits per heavy atom. The van der Waals surface area contributed by atoms with Gasteiger partial charge in [-0.3, -0.25) is 4.79 Å². The molecule has 2 aliphatic heterocycles. The fourth-order valence-electron chi connectivity index (χ4n) is 2.67. The number of hydrogen-bond donors (Lipinski definition) is 1. The van der Waals surface area contributed by atoms with Crippen LogP contribution in [0.3, 0.4) is 0 Å². The van der Waals surface area contributed by atoms with Crippen molar-refractivity contribution in [2.75, 3.05) is 26.2 Å². The van der Waals surface area contributed by atoms with E-state index in [0.717, 1.165) is 12.8 Å². The van der Waals surface area contributed by atoms with E-state index in [9.17, 15) is 13.2 Å². The van der Waals surface area contributed by atoms with Gasteiger partial charge in [0.15, 0.2) is 0 Å². The highest BCUT2D eigenvalue weighted by atomic mass is 32.2. The minimum Gasteiger partial charge on any atom is -0.481 e. The number of carboxylic acids is 1. The molecule has 1 N–H and O–H groups in total. The van der Waals surface area contributed by atoms with E-state index in [1.807, 2.05) is 0 Å². The number of rotatable bonds is 3. The number of nitrogens with zero attached hydrogens (tertiary/aromatic N) is 2. The molecule has 0 aromatic carbocycles. The summed E-state index contributed by atoms with van der Waals surface area (Å²) in [4.78, 5) is 11.2. The second-order valence-electron chi connectivity index (χ2n) is 6.04. The Labute approximate surface area is 114 Å². The molecule has 0 saturated carbocycles. The Balaban J connectivity index is 2.08. The van der Waals surface area contributed by atoms with Crippen LogP contribution in [0.15, 0.2) is 0 Å². The minimum absolute atomic E-state index is 0.0801. The maximum atomic E-state index is 12.5. The molecule has 0 spiro atoms. The molecule has 0 amide bonds. The zero-order valence-electron chi connectivity index (χ0n) is 11.5. The van der Waals surface area contributed by atoms with Crippen molar-refractivity contribution in [2.24, 2.45) is 11.3 Å². The molecular formula is C12H22N2O4S. The lowest BCUT2D eigenvalue weighted by Gasteiger charge is -2.32. The van der Waals surface area contributed by atoms with E-state index in [1.165, 1.54) is 8.61 Å². The van der Waals surface area contributed by atoms with Crippen molar-refractivity contribution in [2.45, 2.75) is 33.1 Å². The lowest BCUT2D eigenvalue weighted by molar-refractivity contribution is -0.146. The van der Waals surface area contributed by atoms with E-state index >= 15 is 0 Å². The van der Waals surface area contributed by atoms with Crippen molar-refractivity contribution >= 4 is 16.2 Å². The second-order valence-corrected chi connectivity index (χ2v) is 7.97. The van der Waals surface area contributed by atoms with Crippen LogP contribution in [0, 0.1) is 11.3 Å². The van der Waals surface area contributed by atoms with Crippen molar-refractivity contribution in [1.82, 2.24) is 8.61 Å². The van der Waals surface area contributed by atoms with E-state index in [-0.39, 0.29) is 6.54 Å². The van der Waals surface area contributed by atoms with Crippen LogP contribution < -0.4 is 0 Å². The third kappa shape index (κ3) is 2.78. The topological polar surface area (TPSA) is 77.9 Å². The van der Waals surface area contributed by atoms with Crippen molar-refractivity contribution in [3.63, 3.8) is 0 Å². The van der Waals surface area contributed by atoms with Gasteiger partial charge in [-0.25, -0.2) is 0 Å². The SMILES string of the molecule is CC1CCN(S(=O)(=O)N2CCC(C)(C(=O)O)C2)CC1. The smallest absolute Gasteiger partial charge is 0.310 e. The molecule has 110 valence electrons. The number of carboxylic acid groups (broad SMARTS) is 1. The summed E-state index contributed by atoms with van der Waals surface area (Å²) in [6.45, 7) is 5.21. The van der Waals surface area contributed by atoms with Gasteiger partial charge in [-0.05, 0) is 32.1 Å². The van der Waals surface area contributed by atoms with Gasteiger partial charge in [-0.1, -0.05) is 6.92 Å². The number of aliphatic carboxylic acids is 1. The molecule has 1 unspecified atom stereocenters. The largest absolute Gasteiger partial charge is 0.481 e. The third-order valence-electron chi connectivity index (χ3n) is 4.35. The molecule has 2 saturated heterocycles. The monoisotopic (exact) mass is 290 g/mol. The first-order valence-corrected chi connectivity index (χ1v) is 8.14. The maximum absolute atomic E-state index is 12.5. The lowest BCUT2D eigenvalue weighted by Crippen LogP contribution is -2.47. The minimum atomic E-state index is -3.49. The van der Waals surface area contributed by atoms with Crippen LogP contribution in [0.4, 0.5) is 0 Å². The summed E-state index contributed by atoms with van der Waals surface area (Å²) in [5.74, 6) is -0.355. The molecule has 19 heavy (non-hydrogen) atoms. The van der Waals surface area contributed by atoms with E-state index in [1.54, 1.807) is 6.92 Å². The Morgan fingerprint density at radius 2 is 1.79 bits per heavy atom. The molecule has 7 heteroatoms. The van der Waals surface area contributed by atoms with Crippen LogP contribution in [0.2, 0.25) is 0 Å². The molecule has 2 fully saturated rings. The molecule has 6 nitrogen and oxygen atoms in total. The van der Waals surface area contributed by atoms with E-state index in [0.29, 0.717) is 32.0 Å². The second kappa shape index (κ2) is 5.03. The molecule has 1 atom stereocenters. The Hall–Kier alpha value is -0.660. The van der Waals surface area contributed by atoms with Gasteiger partial charge in [0.2, 0.25) is 0 Å². The lowest BCUT2D eigenvalue weighted by atomic mass is 9.90. The molecule has 0 radical (unpaired) electrons. The van der Waals surface area contributed by atoms with Gasteiger partial charge in [-0.15, -0.1) is 0 Å². The Kier molecular flexibility index (Phi) is 3.90. The van der Waals surface area contributed by atoms with Crippen LogP contribution in [0.5, 0.6) is 0 Å². The fraction of sp³-hybridized carbons (Fsp3) is 0.917. The third-order valence-corrected chi connectivity index (χ3v) is 6.33. The molecule has 0 aliphatic carbocycles. The van der Waals surface area contributed by atoms with Gasteiger partial charge in [0.1, 0.15) is 0 Å². The van der Waals surface area contributed by atoms with Crippen molar-refractivity contribution in [3.05, 3.63) is 0 Å². The maximum Gasteiger partial charge on any atom is 0.310 e. The summed E-state index contributed by atoms with van der Waals surface area (Å²) in [5, 5.41) is 9.17. The summed E-state index contributed by atoms with van der Waals surface area (Å²) in [5.41, 5.74) is -0.948. The number of hydrogen-bond acceptors (Lipinski definition) is 3. The van der Waals surface area contributed by atoms with Gasteiger partial charge in [0, 0.05) is 26.2 Å². The molecule has 2 rings (SSSR count).